The van der Waals surface area contributed by atoms with Crippen molar-refractivity contribution in [3.8, 4) is 0 Å². The summed E-state index contributed by atoms with van der Waals surface area (Å²) in [5, 5.41) is 9.23. The molecule has 3 nitrogen and oxygen atoms in total. The van der Waals surface area contributed by atoms with Gasteiger partial charge in [-0.1, -0.05) is 44.2 Å². The Morgan fingerprint density at radius 1 is 1.12 bits per heavy atom. The van der Waals surface area contributed by atoms with Crippen molar-refractivity contribution in [3.05, 3.63) is 35.9 Å². The number of Topliss-reactive ketones (excluding diaryl/α,β-unsaturated/α-hetero) is 1. The highest BCUT2D eigenvalue weighted by molar-refractivity contribution is 6.11. The third-order valence-corrected chi connectivity index (χ3v) is 3.09. The molecule has 0 fully saturated rings. The van der Waals surface area contributed by atoms with Crippen molar-refractivity contribution in [2.24, 2.45) is 5.41 Å². The molecule has 16 heavy (non-hydrogen) atoms. The minimum Gasteiger partial charge on any atom is -0.480 e. The van der Waals surface area contributed by atoms with Crippen molar-refractivity contribution in [2.75, 3.05) is 0 Å². The summed E-state index contributed by atoms with van der Waals surface area (Å²) in [6.45, 7) is 3.47. The van der Waals surface area contributed by atoms with Crippen LogP contribution in [0.15, 0.2) is 30.3 Å². The summed E-state index contributed by atoms with van der Waals surface area (Å²) in [7, 11) is 0. The average Bonchev–Trinajstić information content (AvgIpc) is 2.32. The first-order valence-electron chi connectivity index (χ1n) is 5.41. The van der Waals surface area contributed by atoms with Gasteiger partial charge in [0.15, 0.2) is 5.78 Å². The molecule has 0 atom stereocenters. The number of benzene rings is 1. The van der Waals surface area contributed by atoms with Gasteiger partial charge in [0.1, 0.15) is 5.41 Å². The van der Waals surface area contributed by atoms with Gasteiger partial charge in [0.05, 0.1) is 0 Å². The molecule has 0 heterocycles. The lowest BCUT2D eigenvalue weighted by atomic mass is 9.76. The number of rotatable bonds is 5. The zero-order valence-electron chi connectivity index (χ0n) is 9.56. The molecule has 0 aliphatic heterocycles. The first kappa shape index (κ1) is 12.4. The Kier molecular flexibility index (Phi) is 3.82. The molecule has 1 aromatic carbocycles. The number of aliphatic carboxylic acids is 1. The molecule has 0 unspecified atom stereocenters. The van der Waals surface area contributed by atoms with Gasteiger partial charge in [-0.2, -0.15) is 0 Å². The fourth-order valence-electron chi connectivity index (χ4n) is 1.84. The average molecular weight is 220 g/mol. The molecule has 0 spiro atoms. The summed E-state index contributed by atoms with van der Waals surface area (Å²) in [6, 6.07) is 8.60. The number of carbonyl (C=O) groups excluding carboxylic acids is 1. The largest absolute Gasteiger partial charge is 0.480 e. The van der Waals surface area contributed by atoms with Gasteiger partial charge in [-0.15, -0.1) is 0 Å². The first-order valence-corrected chi connectivity index (χ1v) is 5.41. The van der Waals surface area contributed by atoms with Gasteiger partial charge in [0, 0.05) is 5.56 Å². The predicted octanol–water partition coefficient (Wildman–Crippen LogP) is 2.76. The molecular formula is C13H16O3. The van der Waals surface area contributed by atoms with Crippen molar-refractivity contribution < 1.29 is 14.7 Å². The lowest BCUT2D eigenvalue weighted by molar-refractivity contribution is -0.146. The fourth-order valence-corrected chi connectivity index (χ4v) is 1.84. The Hall–Kier alpha value is -1.64. The van der Waals surface area contributed by atoms with Crippen molar-refractivity contribution in [1.82, 2.24) is 0 Å². The third kappa shape index (κ3) is 1.98. The molecule has 1 N–H and O–H groups in total. The predicted molar refractivity (Wildman–Crippen MR) is 61.4 cm³/mol. The third-order valence-electron chi connectivity index (χ3n) is 3.09. The van der Waals surface area contributed by atoms with Crippen LogP contribution in [0, 0.1) is 5.41 Å². The second-order valence-electron chi connectivity index (χ2n) is 3.79. The molecule has 0 bridgehead atoms. The second-order valence-corrected chi connectivity index (χ2v) is 3.79. The van der Waals surface area contributed by atoms with Crippen LogP contribution in [0.3, 0.4) is 0 Å². The molecule has 0 aromatic heterocycles. The van der Waals surface area contributed by atoms with Crippen molar-refractivity contribution in [2.45, 2.75) is 26.7 Å². The summed E-state index contributed by atoms with van der Waals surface area (Å²) in [4.78, 5) is 23.5. The summed E-state index contributed by atoms with van der Waals surface area (Å²) in [5.74, 6) is -1.34. The Balaban J connectivity index is 3.15. The zero-order valence-corrected chi connectivity index (χ0v) is 9.56. The van der Waals surface area contributed by atoms with Gasteiger partial charge in [-0.3, -0.25) is 9.59 Å². The smallest absolute Gasteiger partial charge is 0.317 e. The molecule has 86 valence electrons. The van der Waals surface area contributed by atoms with Crippen LogP contribution in [0.2, 0.25) is 0 Å². The molecule has 0 saturated heterocycles. The van der Waals surface area contributed by atoms with E-state index < -0.39 is 11.4 Å². The van der Waals surface area contributed by atoms with Crippen LogP contribution in [-0.4, -0.2) is 16.9 Å². The molecule has 0 saturated carbocycles. The van der Waals surface area contributed by atoms with Crippen LogP contribution in [0.1, 0.15) is 37.0 Å². The molecule has 0 aliphatic carbocycles. The maximum absolute atomic E-state index is 12.2. The summed E-state index contributed by atoms with van der Waals surface area (Å²) < 4.78 is 0. The van der Waals surface area contributed by atoms with Gasteiger partial charge >= 0.3 is 5.97 Å². The van der Waals surface area contributed by atoms with E-state index in [-0.39, 0.29) is 5.78 Å². The maximum Gasteiger partial charge on any atom is 0.317 e. The topological polar surface area (TPSA) is 54.4 Å². The number of carboxylic acid groups (broad SMARTS) is 1. The Bertz CT molecular complexity index is 377. The summed E-state index contributed by atoms with van der Waals surface area (Å²) in [5.41, 5.74) is -0.810. The van der Waals surface area contributed by atoms with Gasteiger partial charge in [0.25, 0.3) is 0 Å². The molecule has 1 rings (SSSR count). The first-order chi connectivity index (χ1) is 7.58. The number of hydrogen-bond donors (Lipinski definition) is 1. The van der Waals surface area contributed by atoms with Crippen molar-refractivity contribution in [1.29, 1.82) is 0 Å². The van der Waals surface area contributed by atoms with E-state index in [0.29, 0.717) is 18.4 Å². The van der Waals surface area contributed by atoms with Crippen LogP contribution < -0.4 is 0 Å². The van der Waals surface area contributed by atoms with E-state index in [1.807, 2.05) is 0 Å². The molecule has 0 amide bonds. The Labute approximate surface area is 95.1 Å². The van der Waals surface area contributed by atoms with Gasteiger partial charge in [-0.25, -0.2) is 0 Å². The van der Waals surface area contributed by atoms with Crippen LogP contribution in [0.25, 0.3) is 0 Å². The van der Waals surface area contributed by atoms with Crippen LogP contribution in [0.4, 0.5) is 0 Å². The van der Waals surface area contributed by atoms with E-state index in [2.05, 4.69) is 0 Å². The number of carbonyl (C=O) groups is 2. The lowest BCUT2D eigenvalue weighted by Gasteiger charge is -2.24. The SMILES string of the molecule is CCC(CC)(C(=O)O)C(=O)c1ccccc1. The molecule has 1 aromatic rings. The van der Waals surface area contributed by atoms with Gasteiger partial charge < -0.3 is 5.11 Å². The maximum atomic E-state index is 12.2. The van der Waals surface area contributed by atoms with E-state index >= 15 is 0 Å². The number of hydrogen-bond acceptors (Lipinski definition) is 2. The van der Waals surface area contributed by atoms with E-state index in [0.717, 1.165) is 0 Å². The van der Waals surface area contributed by atoms with Crippen molar-refractivity contribution >= 4 is 11.8 Å². The highest BCUT2D eigenvalue weighted by Gasteiger charge is 2.42. The monoisotopic (exact) mass is 220 g/mol. The number of ketones is 1. The second kappa shape index (κ2) is 4.92. The normalized spacial score (nSPS) is 11.1. The highest BCUT2D eigenvalue weighted by Crippen LogP contribution is 2.31. The van der Waals surface area contributed by atoms with Gasteiger partial charge in [-0.05, 0) is 12.8 Å². The Morgan fingerprint density at radius 3 is 2.00 bits per heavy atom. The highest BCUT2D eigenvalue weighted by atomic mass is 16.4. The van der Waals surface area contributed by atoms with Crippen molar-refractivity contribution in [3.63, 3.8) is 0 Å². The van der Waals surface area contributed by atoms with Crippen LogP contribution >= 0.6 is 0 Å². The quantitative estimate of drug-likeness (QED) is 0.613. The molecular weight excluding hydrogens is 204 g/mol. The minimum absolute atomic E-state index is 0.300. The molecule has 3 heteroatoms. The van der Waals surface area contributed by atoms with E-state index in [9.17, 15) is 14.7 Å². The van der Waals surface area contributed by atoms with Gasteiger partial charge in [0.2, 0.25) is 0 Å². The van der Waals surface area contributed by atoms with E-state index in [1.165, 1.54) is 0 Å². The molecule has 0 radical (unpaired) electrons. The van der Waals surface area contributed by atoms with Crippen LogP contribution in [0.5, 0.6) is 0 Å². The van der Waals surface area contributed by atoms with E-state index in [1.54, 1.807) is 44.2 Å². The Morgan fingerprint density at radius 2 is 1.62 bits per heavy atom. The zero-order chi connectivity index (χ0) is 12.2. The minimum atomic E-state index is -1.28. The number of carboxylic acids is 1. The summed E-state index contributed by atoms with van der Waals surface area (Å²) in [6.07, 6.45) is 0.624. The van der Waals surface area contributed by atoms with Crippen LogP contribution in [-0.2, 0) is 4.79 Å². The lowest BCUT2D eigenvalue weighted by Crippen LogP contribution is -2.38. The van der Waals surface area contributed by atoms with E-state index in [4.69, 9.17) is 0 Å². The summed E-state index contributed by atoms with van der Waals surface area (Å²) >= 11 is 0. The molecule has 0 aliphatic rings. The fraction of sp³-hybridized carbons (Fsp3) is 0.385. The standard InChI is InChI=1S/C13H16O3/c1-3-13(4-2,12(15)16)11(14)10-8-6-5-7-9-10/h5-9H,3-4H2,1-2H3,(H,15,16).